The van der Waals surface area contributed by atoms with Crippen molar-refractivity contribution in [2.45, 2.75) is 65.3 Å². The summed E-state index contributed by atoms with van der Waals surface area (Å²) in [7, 11) is 0. The van der Waals surface area contributed by atoms with Gasteiger partial charge >= 0.3 is 6.03 Å². The number of aliphatic hydroxyl groups excluding tert-OH is 1. The van der Waals surface area contributed by atoms with E-state index in [4.69, 9.17) is 0 Å². The molecule has 20 heavy (non-hydrogen) atoms. The molecule has 1 unspecified atom stereocenters. The standard InChI is InChI=1S/C14H27N3O3/c1-9(2)16(10(3)4)7-11(18)8-17-12(19)14(5,6)15-13(17)20/h9-11,18H,7-8H2,1-6H3,(H,15,20)/p+1. The molecular formula is C14H28N3O3+. The van der Waals surface area contributed by atoms with Crippen molar-refractivity contribution < 1.29 is 19.6 Å². The van der Waals surface area contributed by atoms with Gasteiger partial charge in [0.2, 0.25) is 0 Å². The molecule has 0 aromatic rings. The maximum absolute atomic E-state index is 12.1. The summed E-state index contributed by atoms with van der Waals surface area (Å²) in [5, 5.41) is 12.8. The largest absolute Gasteiger partial charge is 0.385 e. The minimum Gasteiger partial charge on any atom is -0.385 e. The molecule has 116 valence electrons. The Morgan fingerprint density at radius 1 is 1.20 bits per heavy atom. The van der Waals surface area contributed by atoms with E-state index >= 15 is 0 Å². The maximum Gasteiger partial charge on any atom is 0.325 e. The number of amides is 3. The zero-order valence-corrected chi connectivity index (χ0v) is 13.4. The van der Waals surface area contributed by atoms with Crippen LogP contribution in [0.2, 0.25) is 0 Å². The fraction of sp³-hybridized carbons (Fsp3) is 0.857. The maximum atomic E-state index is 12.1. The lowest BCUT2D eigenvalue weighted by molar-refractivity contribution is -0.944. The van der Waals surface area contributed by atoms with Gasteiger partial charge in [0.1, 0.15) is 18.2 Å². The number of imide groups is 1. The first kappa shape index (κ1) is 16.9. The molecule has 1 fully saturated rings. The van der Waals surface area contributed by atoms with Crippen LogP contribution in [-0.4, -0.2) is 58.8 Å². The van der Waals surface area contributed by atoms with Crippen LogP contribution in [0.5, 0.6) is 0 Å². The van der Waals surface area contributed by atoms with Gasteiger partial charge in [0.05, 0.1) is 18.6 Å². The summed E-state index contributed by atoms with van der Waals surface area (Å²) in [6, 6.07) is 0.336. The van der Waals surface area contributed by atoms with E-state index in [9.17, 15) is 14.7 Å². The Balaban J connectivity index is 2.65. The van der Waals surface area contributed by atoms with Crippen molar-refractivity contribution in [2.24, 2.45) is 0 Å². The number of nitrogens with one attached hydrogen (secondary N) is 2. The topological polar surface area (TPSA) is 74.1 Å². The highest BCUT2D eigenvalue weighted by Crippen LogP contribution is 2.16. The molecule has 6 nitrogen and oxygen atoms in total. The SMILES string of the molecule is CC(C)[NH+](CC(O)CN1C(=O)NC(C)(C)C1=O)C(C)C. The van der Waals surface area contributed by atoms with Crippen LogP contribution in [0, 0.1) is 0 Å². The number of β-amino-alcohol motifs (C(OH)–C–C–N with tert-alkyl or cyclic N) is 1. The zero-order chi connectivity index (χ0) is 15.7. The third-order valence-electron chi connectivity index (χ3n) is 3.79. The highest BCUT2D eigenvalue weighted by atomic mass is 16.3. The van der Waals surface area contributed by atoms with Gasteiger partial charge in [0.25, 0.3) is 5.91 Å². The van der Waals surface area contributed by atoms with E-state index < -0.39 is 17.7 Å². The van der Waals surface area contributed by atoms with Gasteiger partial charge in [0.15, 0.2) is 0 Å². The molecule has 1 saturated heterocycles. The normalized spacial score (nSPS) is 20.2. The predicted octanol–water partition coefficient (Wildman–Crippen LogP) is -0.621. The summed E-state index contributed by atoms with van der Waals surface area (Å²) in [4.78, 5) is 26.2. The van der Waals surface area contributed by atoms with E-state index in [1.165, 1.54) is 4.90 Å². The number of urea groups is 1. The van der Waals surface area contributed by atoms with Gasteiger partial charge in [-0.1, -0.05) is 0 Å². The number of carbonyl (C=O) groups is 2. The summed E-state index contributed by atoms with van der Waals surface area (Å²) in [6.07, 6.45) is -0.710. The van der Waals surface area contributed by atoms with Gasteiger partial charge in [-0.2, -0.15) is 0 Å². The number of aliphatic hydroxyl groups is 1. The van der Waals surface area contributed by atoms with Crippen LogP contribution in [0.4, 0.5) is 4.79 Å². The molecule has 3 N–H and O–H groups in total. The van der Waals surface area contributed by atoms with Crippen LogP contribution >= 0.6 is 0 Å². The molecule has 1 heterocycles. The van der Waals surface area contributed by atoms with Gasteiger partial charge in [-0.15, -0.1) is 0 Å². The van der Waals surface area contributed by atoms with Crippen molar-refractivity contribution in [1.82, 2.24) is 10.2 Å². The molecule has 0 aliphatic carbocycles. The van der Waals surface area contributed by atoms with Crippen molar-refractivity contribution in [2.75, 3.05) is 13.1 Å². The number of hydrogen-bond donors (Lipinski definition) is 3. The first-order valence-electron chi connectivity index (χ1n) is 7.24. The second kappa shape index (κ2) is 6.10. The van der Waals surface area contributed by atoms with Crippen molar-refractivity contribution in [3.63, 3.8) is 0 Å². The van der Waals surface area contributed by atoms with Crippen LogP contribution < -0.4 is 10.2 Å². The second-order valence-electron chi connectivity index (χ2n) is 6.71. The molecular weight excluding hydrogens is 258 g/mol. The molecule has 1 aliphatic heterocycles. The molecule has 0 radical (unpaired) electrons. The molecule has 0 bridgehead atoms. The predicted molar refractivity (Wildman–Crippen MR) is 76.4 cm³/mol. The average Bonchev–Trinajstić information content (AvgIpc) is 2.47. The van der Waals surface area contributed by atoms with E-state index in [1.807, 2.05) is 0 Å². The number of rotatable bonds is 6. The van der Waals surface area contributed by atoms with E-state index in [0.29, 0.717) is 18.6 Å². The van der Waals surface area contributed by atoms with Crippen LogP contribution in [0.3, 0.4) is 0 Å². The van der Waals surface area contributed by atoms with E-state index in [-0.39, 0.29) is 12.5 Å². The lowest BCUT2D eigenvalue weighted by Crippen LogP contribution is -3.18. The molecule has 0 spiro atoms. The Bertz CT molecular complexity index is 372. The number of hydrogen-bond acceptors (Lipinski definition) is 3. The van der Waals surface area contributed by atoms with Crippen molar-refractivity contribution >= 4 is 11.9 Å². The summed E-state index contributed by atoms with van der Waals surface area (Å²) in [5.74, 6) is -0.280. The molecule has 0 saturated carbocycles. The van der Waals surface area contributed by atoms with Crippen LogP contribution in [-0.2, 0) is 4.79 Å². The van der Waals surface area contributed by atoms with Gasteiger partial charge in [-0.05, 0) is 41.5 Å². The summed E-state index contributed by atoms with van der Waals surface area (Å²) >= 11 is 0. The second-order valence-corrected chi connectivity index (χ2v) is 6.71. The molecule has 3 amide bonds. The van der Waals surface area contributed by atoms with Gasteiger partial charge in [-0.25, -0.2) is 4.79 Å². The highest BCUT2D eigenvalue weighted by Gasteiger charge is 2.45. The van der Waals surface area contributed by atoms with Crippen molar-refractivity contribution in [3.05, 3.63) is 0 Å². The minimum absolute atomic E-state index is 0.0526. The van der Waals surface area contributed by atoms with Crippen LogP contribution in [0.15, 0.2) is 0 Å². The number of carbonyl (C=O) groups excluding carboxylic acids is 2. The summed E-state index contributed by atoms with van der Waals surface area (Å²) in [6.45, 7) is 12.3. The van der Waals surface area contributed by atoms with Crippen molar-refractivity contribution in [1.29, 1.82) is 0 Å². The molecule has 1 atom stereocenters. The molecule has 0 aromatic carbocycles. The first-order valence-corrected chi connectivity index (χ1v) is 7.24. The quantitative estimate of drug-likeness (QED) is 0.570. The van der Waals surface area contributed by atoms with Crippen LogP contribution in [0.25, 0.3) is 0 Å². The molecule has 1 rings (SSSR count). The minimum atomic E-state index is -0.876. The smallest absolute Gasteiger partial charge is 0.325 e. The number of nitrogens with zero attached hydrogens (tertiary/aromatic N) is 1. The van der Waals surface area contributed by atoms with Gasteiger partial charge < -0.3 is 15.3 Å². The Kier molecular flexibility index (Phi) is 5.15. The van der Waals surface area contributed by atoms with Gasteiger partial charge in [0, 0.05) is 0 Å². The Morgan fingerprint density at radius 2 is 1.70 bits per heavy atom. The monoisotopic (exact) mass is 286 g/mol. The fourth-order valence-corrected chi connectivity index (χ4v) is 2.67. The third-order valence-corrected chi connectivity index (χ3v) is 3.79. The Hall–Kier alpha value is -1.14. The average molecular weight is 286 g/mol. The molecule has 6 heteroatoms. The molecule has 1 aliphatic rings. The lowest BCUT2D eigenvalue weighted by Gasteiger charge is -2.30. The zero-order valence-electron chi connectivity index (χ0n) is 13.4. The van der Waals surface area contributed by atoms with E-state index in [2.05, 4.69) is 33.0 Å². The summed E-state index contributed by atoms with van der Waals surface area (Å²) in [5.41, 5.74) is -0.876. The van der Waals surface area contributed by atoms with E-state index in [0.717, 1.165) is 4.90 Å². The molecule has 0 aromatic heterocycles. The van der Waals surface area contributed by atoms with E-state index in [1.54, 1.807) is 13.8 Å². The van der Waals surface area contributed by atoms with Crippen molar-refractivity contribution in [3.8, 4) is 0 Å². The fourth-order valence-electron chi connectivity index (χ4n) is 2.67. The first-order chi connectivity index (χ1) is 9.06. The lowest BCUT2D eigenvalue weighted by atomic mass is 10.1. The summed E-state index contributed by atoms with van der Waals surface area (Å²) < 4.78 is 0. The highest BCUT2D eigenvalue weighted by molar-refractivity contribution is 6.06. The Labute approximate surface area is 121 Å². The third kappa shape index (κ3) is 3.70. The van der Waals surface area contributed by atoms with Crippen LogP contribution in [0.1, 0.15) is 41.5 Å². The Morgan fingerprint density at radius 3 is 2.05 bits per heavy atom. The number of quaternary nitrogens is 1. The van der Waals surface area contributed by atoms with Gasteiger partial charge in [-0.3, -0.25) is 9.69 Å².